The lowest BCUT2D eigenvalue weighted by molar-refractivity contribution is 0.100. The summed E-state index contributed by atoms with van der Waals surface area (Å²) in [5.41, 5.74) is 13.1. The third-order valence-electron chi connectivity index (χ3n) is 5.09. The fraction of sp³-hybridized carbons (Fsp3) is 0.316. The molecule has 0 spiro atoms. The molecule has 3 aromatic rings. The fourth-order valence-corrected chi connectivity index (χ4v) is 3.54. The van der Waals surface area contributed by atoms with Gasteiger partial charge in [-0.1, -0.05) is 12.8 Å². The molecule has 8 nitrogen and oxygen atoms in total. The first-order valence-corrected chi connectivity index (χ1v) is 9.24. The molecular weight excluding hydrogens is 361 g/mol. The molecule has 28 heavy (non-hydrogen) atoms. The molecule has 0 bridgehead atoms. The molecular formula is C19H22FN7O. The largest absolute Gasteiger partial charge is 0.365 e. The summed E-state index contributed by atoms with van der Waals surface area (Å²) in [6.45, 7) is 0. The number of carbonyl (C=O) groups excluding carboxylic acids is 1. The van der Waals surface area contributed by atoms with Crippen LogP contribution in [0.2, 0.25) is 0 Å². The van der Waals surface area contributed by atoms with E-state index in [1.165, 1.54) is 0 Å². The Kier molecular flexibility index (Phi) is 4.82. The number of hydrogen-bond acceptors (Lipinski definition) is 6. The first kappa shape index (κ1) is 18.2. The van der Waals surface area contributed by atoms with Crippen LogP contribution in [0.5, 0.6) is 0 Å². The zero-order valence-corrected chi connectivity index (χ0v) is 15.2. The molecule has 0 aliphatic heterocycles. The quantitative estimate of drug-likeness (QED) is 0.460. The topological polar surface area (TPSA) is 135 Å². The average molecular weight is 383 g/mol. The second-order valence-corrected chi connectivity index (χ2v) is 7.08. The number of H-pyrrole nitrogens is 1. The second-order valence-electron chi connectivity index (χ2n) is 7.08. The van der Waals surface area contributed by atoms with Crippen molar-refractivity contribution in [3.05, 3.63) is 41.8 Å². The Hall–Kier alpha value is -3.20. The summed E-state index contributed by atoms with van der Waals surface area (Å²) in [6.07, 6.45) is 5.51. The van der Waals surface area contributed by atoms with Gasteiger partial charge < -0.3 is 22.1 Å². The van der Waals surface area contributed by atoms with E-state index in [0.717, 1.165) is 42.7 Å². The zero-order valence-electron chi connectivity index (χ0n) is 15.2. The van der Waals surface area contributed by atoms with E-state index in [1.54, 1.807) is 12.3 Å². The maximum Gasteiger partial charge on any atom is 0.252 e. The second kappa shape index (κ2) is 7.43. The lowest BCUT2D eigenvalue weighted by atomic mass is 9.91. The van der Waals surface area contributed by atoms with Crippen LogP contribution < -0.4 is 22.1 Å². The number of fused-ring (bicyclic) bond motifs is 1. The Bertz CT molecular complexity index is 1020. The van der Waals surface area contributed by atoms with Crippen molar-refractivity contribution in [1.29, 1.82) is 0 Å². The minimum Gasteiger partial charge on any atom is -0.365 e. The summed E-state index contributed by atoms with van der Waals surface area (Å²) in [4.78, 5) is 16.1. The number of anilines is 3. The molecule has 2 atom stereocenters. The van der Waals surface area contributed by atoms with Crippen LogP contribution in [0.4, 0.5) is 21.7 Å². The van der Waals surface area contributed by atoms with Crippen molar-refractivity contribution < 1.29 is 9.18 Å². The normalized spacial score (nSPS) is 19.5. The number of nitrogens with two attached hydrogens (primary N) is 2. The number of rotatable bonds is 5. The van der Waals surface area contributed by atoms with E-state index in [1.807, 2.05) is 12.1 Å². The van der Waals surface area contributed by atoms with Crippen molar-refractivity contribution in [3.63, 3.8) is 0 Å². The van der Waals surface area contributed by atoms with Crippen LogP contribution in [0.15, 0.2) is 30.5 Å². The number of carbonyl (C=O) groups is 1. The number of halogens is 1. The summed E-state index contributed by atoms with van der Waals surface area (Å²) >= 11 is 0. The van der Waals surface area contributed by atoms with Crippen LogP contribution in [0.25, 0.3) is 10.9 Å². The highest BCUT2D eigenvalue weighted by Gasteiger charge is 2.24. The van der Waals surface area contributed by atoms with Gasteiger partial charge in [0, 0.05) is 23.2 Å². The van der Waals surface area contributed by atoms with Gasteiger partial charge in [-0.3, -0.25) is 9.89 Å². The summed E-state index contributed by atoms with van der Waals surface area (Å²) in [5.74, 6) is -1.16. The molecule has 1 saturated carbocycles. The molecule has 1 aromatic carbocycles. The van der Waals surface area contributed by atoms with Crippen molar-refractivity contribution in [1.82, 2.24) is 15.2 Å². The zero-order chi connectivity index (χ0) is 19.7. The molecule has 9 heteroatoms. The van der Waals surface area contributed by atoms with Gasteiger partial charge in [0.1, 0.15) is 5.82 Å². The Morgan fingerprint density at radius 3 is 2.82 bits per heavy atom. The third-order valence-corrected chi connectivity index (χ3v) is 5.09. The molecule has 146 valence electrons. The van der Waals surface area contributed by atoms with Gasteiger partial charge in [-0.2, -0.15) is 5.10 Å². The minimum atomic E-state index is -0.765. The molecule has 0 radical (unpaired) electrons. The SMILES string of the molecule is NC(=O)c1cc(F)c(N[C@@H]2CCCC[C@@H]2N)nc1Nc1ccc2[nH]ncc2c1. The van der Waals surface area contributed by atoms with Crippen LogP contribution in [0, 0.1) is 5.82 Å². The Balaban J connectivity index is 1.66. The summed E-state index contributed by atoms with van der Waals surface area (Å²) in [7, 11) is 0. The van der Waals surface area contributed by atoms with Crippen molar-refractivity contribution >= 4 is 34.1 Å². The highest BCUT2D eigenvalue weighted by atomic mass is 19.1. The molecule has 4 rings (SSSR count). The van der Waals surface area contributed by atoms with E-state index < -0.39 is 11.7 Å². The minimum absolute atomic E-state index is 0.0247. The first-order valence-electron chi connectivity index (χ1n) is 9.24. The number of amides is 1. The van der Waals surface area contributed by atoms with Gasteiger partial charge in [-0.15, -0.1) is 0 Å². The molecule has 1 amide bonds. The molecule has 7 N–H and O–H groups in total. The van der Waals surface area contributed by atoms with Crippen LogP contribution >= 0.6 is 0 Å². The van der Waals surface area contributed by atoms with Crippen molar-refractivity contribution in [3.8, 4) is 0 Å². The molecule has 1 aliphatic carbocycles. The number of aromatic nitrogens is 3. The van der Waals surface area contributed by atoms with E-state index >= 15 is 0 Å². The van der Waals surface area contributed by atoms with E-state index in [9.17, 15) is 9.18 Å². The van der Waals surface area contributed by atoms with E-state index in [2.05, 4.69) is 25.8 Å². The number of nitrogens with one attached hydrogen (secondary N) is 3. The fourth-order valence-electron chi connectivity index (χ4n) is 3.54. The van der Waals surface area contributed by atoms with E-state index in [-0.39, 0.29) is 29.3 Å². The monoisotopic (exact) mass is 383 g/mol. The number of nitrogens with zero attached hydrogens (tertiary/aromatic N) is 2. The van der Waals surface area contributed by atoms with E-state index in [4.69, 9.17) is 11.5 Å². The molecule has 1 fully saturated rings. The van der Waals surface area contributed by atoms with Gasteiger partial charge >= 0.3 is 0 Å². The summed E-state index contributed by atoms with van der Waals surface area (Å²) in [6, 6.07) is 6.47. The van der Waals surface area contributed by atoms with Gasteiger partial charge in [0.25, 0.3) is 5.91 Å². The Morgan fingerprint density at radius 1 is 1.21 bits per heavy atom. The first-order chi connectivity index (χ1) is 13.5. The number of aromatic amines is 1. The van der Waals surface area contributed by atoms with Gasteiger partial charge in [0.15, 0.2) is 11.6 Å². The van der Waals surface area contributed by atoms with Crippen molar-refractivity contribution in [2.24, 2.45) is 11.5 Å². The Morgan fingerprint density at radius 2 is 2.04 bits per heavy atom. The maximum atomic E-state index is 14.6. The van der Waals surface area contributed by atoms with Crippen LogP contribution in [-0.2, 0) is 0 Å². The van der Waals surface area contributed by atoms with Gasteiger partial charge in [-0.25, -0.2) is 9.37 Å². The number of pyridine rings is 1. The van der Waals surface area contributed by atoms with Gasteiger partial charge in [0.2, 0.25) is 0 Å². The lowest BCUT2D eigenvalue weighted by Crippen LogP contribution is -2.43. The number of hydrogen-bond donors (Lipinski definition) is 5. The van der Waals surface area contributed by atoms with E-state index in [0.29, 0.717) is 5.69 Å². The molecule has 2 aromatic heterocycles. The predicted octanol–water partition coefficient (Wildman–Crippen LogP) is 2.62. The molecule has 1 aliphatic rings. The summed E-state index contributed by atoms with van der Waals surface area (Å²) < 4.78 is 14.6. The number of benzene rings is 1. The third kappa shape index (κ3) is 3.61. The van der Waals surface area contributed by atoms with Crippen LogP contribution in [-0.4, -0.2) is 33.2 Å². The average Bonchev–Trinajstić information content (AvgIpc) is 3.13. The smallest absolute Gasteiger partial charge is 0.252 e. The molecule has 0 unspecified atom stereocenters. The number of primary amides is 1. The van der Waals surface area contributed by atoms with Crippen LogP contribution in [0.1, 0.15) is 36.0 Å². The highest BCUT2D eigenvalue weighted by molar-refractivity contribution is 5.99. The standard InChI is InChI=1S/C19H22FN7O/c20-13-8-12(17(22)28)18(24-11-5-6-15-10(7-11)9-23-27-15)26-19(13)25-16-4-2-1-3-14(16)21/h5-9,14,16H,1-4,21H2,(H2,22,28)(H,23,27)(H2,24,25,26)/t14-,16+/m0/s1. The molecule has 0 saturated heterocycles. The summed E-state index contributed by atoms with van der Waals surface area (Å²) in [5, 5.41) is 13.9. The molecule has 2 heterocycles. The predicted molar refractivity (Wildman–Crippen MR) is 106 cm³/mol. The van der Waals surface area contributed by atoms with Crippen LogP contribution in [0.3, 0.4) is 0 Å². The van der Waals surface area contributed by atoms with Crippen molar-refractivity contribution in [2.45, 2.75) is 37.8 Å². The van der Waals surface area contributed by atoms with Gasteiger partial charge in [-0.05, 0) is 37.1 Å². The van der Waals surface area contributed by atoms with Crippen molar-refractivity contribution in [2.75, 3.05) is 10.6 Å². The van der Waals surface area contributed by atoms with Gasteiger partial charge in [0.05, 0.1) is 17.3 Å². The maximum absolute atomic E-state index is 14.6. The Labute approximate surface area is 160 Å². The highest BCUT2D eigenvalue weighted by Crippen LogP contribution is 2.27. The lowest BCUT2D eigenvalue weighted by Gasteiger charge is -2.30.